The van der Waals surface area contributed by atoms with Gasteiger partial charge in [0.1, 0.15) is 6.10 Å². The van der Waals surface area contributed by atoms with Gasteiger partial charge in [0.25, 0.3) is 0 Å². The van der Waals surface area contributed by atoms with Gasteiger partial charge in [-0.15, -0.1) is 0 Å². The molecule has 0 spiro atoms. The first kappa shape index (κ1) is 27.0. The average Bonchev–Trinajstić information content (AvgIpc) is 3.25. The van der Waals surface area contributed by atoms with Crippen LogP contribution in [0, 0.1) is 41.9 Å². The summed E-state index contributed by atoms with van der Waals surface area (Å²) in [6, 6.07) is 2.59. The molecule has 0 aromatic heterocycles. The maximum atomic E-state index is 12.9. The quantitative estimate of drug-likeness (QED) is 0.285. The maximum Gasteiger partial charge on any atom is 0.309 e. The van der Waals surface area contributed by atoms with Crippen LogP contribution in [0.2, 0.25) is 0 Å². The molecule has 0 saturated heterocycles. The number of hydrogen-bond donors (Lipinski definition) is 0. The SMILES string of the molecule is Cc1c2c(cc3c1CC[C@]1(C)[C@@H]([C@H](C)/C=C/[C@H](C)C(C)C)CC[C@@H]31)CC(OC(=O)C1CCCCC1)CC2. The van der Waals surface area contributed by atoms with Crippen molar-refractivity contribution in [3.8, 4) is 0 Å². The topological polar surface area (TPSA) is 26.3 Å². The van der Waals surface area contributed by atoms with Crippen LogP contribution >= 0.6 is 0 Å². The first-order valence-corrected chi connectivity index (χ1v) is 15.7. The molecule has 0 amide bonds. The molecule has 4 aliphatic rings. The Hall–Kier alpha value is -1.57. The fraction of sp³-hybridized carbons (Fsp3) is 0.743. The van der Waals surface area contributed by atoms with E-state index in [1.165, 1.54) is 50.5 Å². The molecule has 1 aromatic carbocycles. The molecule has 0 heterocycles. The monoisotopic (exact) mass is 504 g/mol. The molecule has 0 radical (unpaired) electrons. The van der Waals surface area contributed by atoms with Crippen LogP contribution in [-0.2, 0) is 28.8 Å². The van der Waals surface area contributed by atoms with Crippen LogP contribution in [0.3, 0.4) is 0 Å². The number of rotatable bonds is 6. The fourth-order valence-electron chi connectivity index (χ4n) is 8.63. The summed E-state index contributed by atoms with van der Waals surface area (Å²) in [6.07, 6.45) is 19.0. The number of carbonyl (C=O) groups excluding carboxylic acids is 1. The molecule has 4 aliphatic carbocycles. The van der Waals surface area contributed by atoms with E-state index in [1.54, 1.807) is 22.3 Å². The van der Waals surface area contributed by atoms with Crippen molar-refractivity contribution < 1.29 is 9.53 Å². The summed E-state index contributed by atoms with van der Waals surface area (Å²) >= 11 is 0. The zero-order chi connectivity index (χ0) is 26.3. The third-order valence-electron chi connectivity index (χ3n) is 11.5. The van der Waals surface area contributed by atoms with Crippen molar-refractivity contribution in [1.29, 1.82) is 0 Å². The van der Waals surface area contributed by atoms with E-state index in [4.69, 9.17) is 4.74 Å². The van der Waals surface area contributed by atoms with E-state index in [1.807, 2.05) is 0 Å². The Balaban J connectivity index is 1.34. The number of hydrogen-bond acceptors (Lipinski definition) is 2. The Labute approximate surface area is 227 Å². The highest BCUT2D eigenvalue weighted by molar-refractivity contribution is 5.72. The highest BCUT2D eigenvalue weighted by Gasteiger charge is 2.51. The average molecular weight is 505 g/mol. The maximum absolute atomic E-state index is 12.9. The molecule has 37 heavy (non-hydrogen) atoms. The summed E-state index contributed by atoms with van der Waals surface area (Å²) < 4.78 is 6.14. The van der Waals surface area contributed by atoms with Crippen molar-refractivity contribution >= 4 is 5.97 Å². The molecule has 0 bridgehead atoms. The van der Waals surface area contributed by atoms with E-state index < -0.39 is 0 Å². The Bertz CT molecular complexity index is 1010. The zero-order valence-corrected chi connectivity index (χ0v) is 24.6. The summed E-state index contributed by atoms with van der Waals surface area (Å²) in [7, 11) is 0. The number of allylic oxidation sites excluding steroid dienone is 2. The van der Waals surface area contributed by atoms with Crippen LogP contribution in [0.25, 0.3) is 0 Å². The van der Waals surface area contributed by atoms with Crippen LogP contribution in [0.1, 0.15) is 126 Å². The molecule has 0 N–H and O–H groups in total. The Kier molecular flexibility index (Phi) is 7.95. The van der Waals surface area contributed by atoms with Crippen LogP contribution in [0.5, 0.6) is 0 Å². The molecular formula is C35H52O2. The molecule has 1 unspecified atom stereocenters. The van der Waals surface area contributed by atoms with Crippen LogP contribution in [0.15, 0.2) is 18.2 Å². The summed E-state index contributed by atoms with van der Waals surface area (Å²) in [5, 5.41) is 0. The molecule has 6 atom stereocenters. The van der Waals surface area contributed by atoms with E-state index in [2.05, 4.69) is 59.8 Å². The van der Waals surface area contributed by atoms with Crippen LogP contribution in [0.4, 0.5) is 0 Å². The van der Waals surface area contributed by atoms with Crippen LogP contribution < -0.4 is 0 Å². The normalized spacial score (nSPS) is 31.6. The third kappa shape index (κ3) is 5.20. The highest BCUT2D eigenvalue weighted by Crippen LogP contribution is 2.61. The summed E-state index contributed by atoms with van der Waals surface area (Å²) in [4.78, 5) is 12.9. The van der Waals surface area contributed by atoms with Gasteiger partial charge in [-0.05, 0) is 121 Å². The number of fused-ring (bicyclic) bond motifs is 4. The van der Waals surface area contributed by atoms with Crippen molar-refractivity contribution in [2.75, 3.05) is 0 Å². The minimum absolute atomic E-state index is 0.0683. The van der Waals surface area contributed by atoms with Gasteiger partial charge in [-0.3, -0.25) is 4.79 Å². The predicted octanol–water partition coefficient (Wildman–Crippen LogP) is 8.91. The van der Waals surface area contributed by atoms with Gasteiger partial charge < -0.3 is 4.74 Å². The fourth-order valence-corrected chi connectivity index (χ4v) is 8.63. The second kappa shape index (κ2) is 10.9. The van der Waals surface area contributed by atoms with Gasteiger partial charge in [-0.25, -0.2) is 0 Å². The lowest BCUT2D eigenvalue weighted by molar-refractivity contribution is -0.155. The lowest BCUT2D eigenvalue weighted by Crippen LogP contribution is -2.36. The van der Waals surface area contributed by atoms with Crippen molar-refractivity contribution in [2.45, 2.75) is 131 Å². The summed E-state index contributed by atoms with van der Waals surface area (Å²) in [5.41, 5.74) is 8.32. The highest BCUT2D eigenvalue weighted by atomic mass is 16.5. The largest absolute Gasteiger partial charge is 0.462 e. The lowest BCUT2D eigenvalue weighted by Gasteiger charge is -2.45. The van der Waals surface area contributed by atoms with Gasteiger partial charge in [-0.1, -0.05) is 72.1 Å². The van der Waals surface area contributed by atoms with E-state index in [0.717, 1.165) is 38.0 Å². The number of carbonyl (C=O) groups is 1. The Morgan fingerprint density at radius 2 is 1.73 bits per heavy atom. The van der Waals surface area contributed by atoms with E-state index in [9.17, 15) is 4.79 Å². The van der Waals surface area contributed by atoms with Gasteiger partial charge in [0.05, 0.1) is 5.92 Å². The zero-order valence-electron chi connectivity index (χ0n) is 24.6. The molecule has 2 heteroatoms. The summed E-state index contributed by atoms with van der Waals surface area (Å²) in [6.45, 7) is 14.5. The molecule has 5 rings (SSSR count). The number of ether oxygens (including phenoxy) is 1. The minimum atomic E-state index is 0.0683. The van der Waals surface area contributed by atoms with Gasteiger partial charge >= 0.3 is 5.97 Å². The third-order valence-corrected chi connectivity index (χ3v) is 11.5. The molecular weight excluding hydrogens is 452 g/mol. The second-order valence-corrected chi connectivity index (χ2v) is 13.9. The first-order valence-electron chi connectivity index (χ1n) is 15.7. The molecule has 0 aliphatic heterocycles. The smallest absolute Gasteiger partial charge is 0.309 e. The van der Waals surface area contributed by atoms with Crippen LogP contribution in [-0.4, -0.2) is 12.1 Å². The number of esters is 1. The Morgan fingerprint density at radius 1 is 0.973 bits per heavy atom. The van der Waals surface area contributed by atoms with E-state index in [0.29, 0.717) is 29.1 Å². The van der Waals surface area contributed by atoms with Gasteiger partial charge in [0.2, 0.25) is 0 Å². The molecule has 2 fully saturated rings. The van der Waals surface area contributed by atoms with Crippen molar-refractivity contribution in [3.05, 3.63) is 46.0 Å². The van der Waals surface area contributed by atoms with Crippen molar-refractivity contribution in [2.24, 2.45) is 35.0 Å². The lowest BCUT2D eigenvalue weighted by atomic mass is 9.60. The molecule has 2 nitrogen and oxygen atoms in total. The van der Waals surface area contributed by atoms with Crippen molar-refractivity contribution in [1.82, 2.24) is 0 Å². The standard InChI is InChI=1S/C35H52O2/c1-22(2)23(3)12-13-24(4)32-16-17-33-31-21-27-20-28(37-34(36)26-10-8-7-9-11-26)14-15-29(27)25(5)30(31)18-19-35(32,33)6/h12-13,21-24,26,28,32-33H,7-11,14-20H2,1-6H3/b13-12+/t23-,24+,28?,32+,33-,35+/m0/s1. The molecule has 204 valence electrons. The summed E-state index contributed by atoms with van der Waals surface area (Å²) in [5.74, 6) is 3.67. The predicted molar refractivity (Wildman–Crippen MR) is 154 cm³/mol. The minimum Gasteiger partial charge on any atom is -0.462 e. The van der Waals surface area contributed by atoms with E-state index >= 15 is 0 Å². The van der Waals surface area contributed by atoms with Gasteiger partial charge in [0.15, 0.2) is 0 Å². The van der Waals surface area contributed by atoms with Gasteiger partial charge in [-0.2, -0.15) is 0 Å². The molecule has 1 aromatic rings. The first-order chi connectivity index (χ1) is 17.7. The van der Waals surface area contributed by atoms with Crippen molar-refractivity contribution in [3.63, 3.8) is 0 Å². The second-order valence-electron chi connectivity index (χ2n) is 13.9. The van der Waals surface area contributed by atoms with E-state index in [-0.39, 0.29) is 18.0 Å². The number of benzene rings is 1. The molecule has 2 saturated carbocycles. The Morgan fingerprint density at radius 3 is 2.46 bits per heavy atom. The van der Waals surface area contributed by atoms with Gasteiger partial charge in [0, 0.05) is 6.42 Å².